The summed E-state index contributed by atoms with van der Waals surface area (Å²) in [5, 5.41) is 15.0. The van der Waals surface area contributed by atoms with Gasteiger partial charge in [-0.15, -0.1) is 0 Å². The third-order valence-electron chi connectivity index (χ3n) is 4.48. The van der Waals surface area contributed by atoms with E-state index in [2.05, 4.69) is 0 Å². The maximum Gasteiger partial charge on any atom is 0.329 e. The van der Waals surface area contributed by atoms with Gasteiger partial charge in [-0.3, -0.25) is 0 Å². The van der Waals surface area contributed by atoms with E-state index in [-0.39, 0.29) is 0 Å². The fourth-order valence-corrected chi connectivity index (χ4v) is 4.02. The van der Waals surface area contributed by atoms with Gasteiger partial charge in [0.1, 0.15) is 6.61 Å². The molecule has 0 saturated heterocycles. The molecule has 0 heterocycles. The number of aliphatic hydroxyl groups is 1. The minimum Gasteiger partial charge on any atom is -0.480 e. The lowest BCUT2D eigenvalue weighted by atomic mass is 9.82. The van der Waals surface area contributed by atoms with Crippen LogP contribution in [0.3, 0.4) is 0 Å². The van der Waals surface area contributed by atoms with Crippen LogP contribution in [0.25, 0.3) is 0 Å². The van der Waals surface area contributed by atoms with Crippen LogP contribution in [0.1, 0.15) is 38.5 Å². The first kappa shape index (κ1) is 10.9. The highest BCUT2D eigenvalue weighted by Crippen LogP contribution is 2.58. The van der Waals surface area contributed by atoms with Gasteiger partial charge in [-0.1, -0.05) is 6.42 Å². The number of hydrogen-bond donors (Lipinski definition) is 2. The maximum absolute atomic E-state index is 9.12. The van der Waals surface area contributed by atoms with Crippen molar-refractivity contribution in [2.45, 2.75) is 38.5 Å². The highest BCUT2D eigenvalue weighted by molar-refractivity contribution is 5.67. The summed E-state index contributed by atoms with van der Waals surface area (Å²) in [7, 11) is 0. The fourth-order valence-electron chi connectivity index (χ4n) is 4.02. The number of carboxylic acids is 1. The Morgan fingerprint density at radius 2 is 1.53 bits per heavy atom. The summed E-state index contributed by atoms with van der Waals surface area (Å²) in [6.07, 6.45) is 9.53. The van der Waals surface area contributed by atoms with Crippen molar-refractivity contribution in [2.24, 2.45) is 23.7 Å². The van der Waals surface area contributed by atoms with Crippen LogP contribution in [-0.2, 0) is 4.79 Å². The number of carboxylic acid groups (broad SMARTS) is 1. The van der Waals surface area contributed by atoms with Crippen molar-refractivity contribution in [1.29, 1.82) is 0 Å². The van der Waals surface area contributed by atoms with Crippen molar-refractivity contribution in [3.8, 4) is 0 Å². The van der Waals surface area contributed by atoms with Crippen LogP contribution < -0.4 is 0 Å². The van der Waals surface area contributed by atoms with Gasteiger partial charge in [-0.25, -0.2) is 4.79 Å². The highest BCUT2D eigenvalue weighted by atomic mass is 16.4. The topological polar surface area (TPSA) is 57.5 Å². The molecule has 3 heteroatoms. The predicted molar refractivity (Wildman–Crippen MR) is 56.4 cm³/mol. The molecule has 3 rings (SSSR count). The highest BCUT2D eigenvalue weighted by Gasteiger charge is 2.48. The van der Waals surface area contributed by atoms with Crippen molar-refractivity contribution < 1.29 is 15.0 Å². The Labute approximate surface area is 90.5 Å². The maximum atomic E-state index is 9.12. The van der Waals surface area contributed by atoms with Crippen molar-refractivity contribution in [3.05, 3.63) is 0 Å². The molecule has 15 heavy (non-hydrogen) atoms. The summed E-state index contributed by atoms with van der Waals surface area (Å²) in [5.41, 5.74) is 0. The van der Waals surface area contributed by atoms with Crippen LogP contribution in [0.2, 0.25) is 0 Å². The summed E-state index contributed by atoms with van der Waals surface area (Å²) >= 11 is 0. The number of carbonyl (C=O) groups is 1. The predicted octanol–water partition coefficient (Wildman–Crippen LogP) is 1.90. The van der Waals surface area contributed by atoms with E-state index in [0.29, 0.717) is 0 Å². The summed E-state index contributed by atoms with van der Waals surface area (Å²) in [6.45, 7) is -0.778. The molecule has 0 spiro atoms. The van der Waals surface area contributed by atoms with Crippen LogP contribution in [0.4, 0.5) is 0 Å². The van der Waals surface area contributed by atoms with Gasteiger partial charge in [0.15, 0.2) is 0 Å². The second-order valence-corrected chi connectivity index (χ2v) is 5.14. The zero-order valence-electron chi connectivity index (χ0n) is 9.06. The fraction of sp³-hybridized carbons (Fsp3) is 0.917. The van der Waals surface area contributed by atoms with Gasteiger partial charge in [0.2, 0.25) is 0 Å². The average molecular weight is 212 g/mol. The van der Waals surface area contributed by atoms with Crippen LogP contribution >= 0.6 is 0 Å². The quantitative estimate of drug-likeness (QED) is 0.698. The van der Waals surface area contributed by atoms with Gasteiger partial charge < -0.3 is 10.2 Å². The molecule has 3 aliphatic carbocycles. The van der Waals surface area contributed by atoms with E-state index in [1.54, 1.807) is 38.5 Å². The first-order chi connectivity index (χ1) is 7.22. The van der Waals surface area contributed by atoms with E-state index >= 15 is 0 Å². The molecule has 3 nitrogen and oxygen atoms in total. The molecule has 0 aromatic carbocycles. The molecule has 3 saturated carbocycles. The first-order valence-electron chi connectivity index (χ1n) is 6.05. The van der Waals surface area contributed by atoms with Gasteiger partial charge >= 0.3 is 5.97 Å². The van der Waals surface area contributed by atoms with E-state index in [1.165, 1.54) is 23.7 Å². The van der Waals surface area contributed by atoms with Gasteiger partial charge in [0, 0.05) is 0 Å². The van der Waals surface area contributed by atoms with E-state index in [9.17, 15) is 0 Å². The first-order valence-corrected chi connectivity index (χ1v) is 6.05. The number of fused-ring (bicyclic) bond motifs is 5. The minimum atomic E-state index is -1.19. The molecular formula is C12H20O3. The van der Waals surface area contributed by atoms with Gasteiger partial charge in [0.25, 0.3) is 0 Å². The molecule has 0 aromatic heterocycles. The lowest BCUT2D eigenvalue weighted by molar-refractivity contribution is -0.140. The number of rotatable bonds is 1. The molecule has 0 aromatic rings. The van der Waals surface area contributed by atoms with Crippen LogP contribution in [0, 0.1) is 23.7 Å². The van der Waals surface area contributed by atoms with Gasteiger partial charge in [-0.05, 0) is 55.8 Å². The molecule has 3 fully saturated rings. The summed E-state index contributed by atoms with van der Waals surface area (Å²) in [4.78, 5) is 9.12. The van der Waals surface area contributed by atoms with E-state index in [4.69, 9.17) is 15.0 Å². The second-order valence-electron chi connectivity index (χ2n) is 5.14. The van der Waals surface area contributed by atoms with E-state index in [1.807, 2.05) is 0 Å². The normalized spacial score (nSPS) is 40.9. The van der Waals surface area contributed by atoms with Crippen molar-refractivity contribution in [3.63, 3.8) is 0 Å². The molecule has 4 unspecified atom stereocenters. The second kappa shape index (κ2) is 4.52. The Bertz CT molecular complexity index is 223. The lowest BCUT2D eigenvalue weighted by Gasteiger charge is -2.23. The van der Waals surface area contributed by atoms with Crippen LogP contribution in [-0.4, -0.2) is 22.8 Å². The van der Waals surface area contributed by atoms with Crippen LogP contribution in [0.5, 0.6) is 0 Å². The van der Waals surface area contributed by atoms with Crippen molar-refractivity contribution in [1.82, 2.24) is 0 Å². The smallest absolute Gasteiger partial charge is 0.329 e. The molecule has 86 valence electrons. The molecule has 2 N–H and O–H groups in total. The zero-order valence-corrected chi connectivity index (χ0v) is 9.06. The third kappa shape index (κ3) is 2.17. The molecule has 0 amide bonds. The molecule has 2 bridgehead atoms. The monoisotopic (exact) mass is 212 g/mol. The van der Waals surface area contributed by atoms with Crippen molar-refractivity contribution >= 4 is 5.97 Å². The Morgan fingerprint density at radius 1 is 1.07 bits per heavy atom. The Hall–Kier alpha value is -0.570. The van der Waals surface area contributed by atoms with Gasteiger partial charge in [0.05, 0.1) is 0 Å². The largest absolute Gasteiger partial charge is 0.480 e. The summed E-state index contributed by atoms with van der Waals surface area (Å²) in [5.74, 6) is 3.61. The SMILES string of the molecule is C1CC2C3CCC(C3)C2C1.O=C(O)CO. The zero-order chi connectivity index (χ0) is 10.8. The Balaban J connectivity index is 0.000000149. The average Bonchev–Trinajstić information content (AvgIpc) is 2.91. The Morgan fingerprint density at radius 3 is 1.93 bits per heavy atom. The van der Waals surface area contributed by atoms with Crippen LogP contribution in [0.15, 0.2) is 0 Å². The van der Waals surface area contributed by atoms with Gasteiger partial charge in [-0.2, -0.15) is 0 Å². The van der Waals surface area contributed by atoms with Crippen molar-refractivity contribution in [2.75, 3.05) is 6.61 Å². The summed E-state index contributed by atoms with van der Waals surface area (Å²) in [6, 6.07) is 0. The molecular weight excluding hydrogens is 192 g/mol. The number of aliphatic hydroxyl groups excluding tert-OH is 1. The number of aliphatic carboxylic acids is 1. The summed E-state index contributed by atoms with van der Waals surface area (Å²) < 4.78 is 0. The van der Waals surface area contributed by atoms with E-state index < -0.39 is 12.6 Å². The van der Waals surface area contributed by atoms with E-state index in [0.717, 1.165) is 0 Å². The molecule has 0 radical (unpaired) electrons. The lowest BCUT2D eigenvalue weighted by Crippen LogP contribution is -2.15. The third-order valence-corrected chi connectivity index (χ3v) is 4.48. The standard InChI is InChI=1S/C10H16.C2H4O3/c1-2-9-7-4-5-8(6-7)10(9)3-1;3-1-2(4)5/h7-10H,1-6H2;3H,1H2,(H,4,5). The molecule has 3 aliphatic rings. The Kier molecular flexibility index (Phi) is 3.29. The number of hydrogen-bond acceptors (Lipinski definition) is 2. The minimum absolute atomic E-state index is 0.778. The molecule has 0 aliphatic heterocycles. The molecule has 4 atom stereocenters.